The minimum absolute atomic E-state index is 0.409. The summed E-state index contributed by atoms with van der Waals surface area (Å²) in [5.41, 5.74) is 1.09. The quantitative estimate of drug-likeness (QED) is 0.782. The zero-order valence-electron chi connectivity index (χ0n) is 11.8. The van der Waals surface area contributed by atoms with Gasteiger partial charge in [0.25, 0.3) is 0 Å². The summed E-state index contributed by atoms with van der Waals surface area (Å²) in [6.45, 7) is 2.95. The molecule has 0 aromatic carbocycles. The van der Waals surface area contributed by atoms with Crippen molar-refractivity contribution in [2.24, 2.45) is 0 Å². The van der Waals surface area contributed by atoms with Crippen molar-refractivity contribution in [1.82, 2.24) is 4.98 Å². The van der Waals surface area contributed by atoms with E-state index in [0.29, 0.717) is 6.10 Å². The fourth-order valence-electron chi connectivity index (χ4n) is 2.69. The van der Waals surface area contributed by atoms with E-state index in [4.69, 9.17) is 4.74 Å². The van der Waals surface area contributed by atoms with E-state index in [2.05, 4.69) is 27.4 Å². The maximum atomic E-state index is 6.25. The average molecular weight is 352 g/mol. The Hall–Kier alpha value is -0.732. The molecule has 1 atom stereocenters. The molecule has 0 bridgehead atoms. The third-order valence-electron chi connectivity index (χ3n) is 3.78. The number of allylic oxidation sites excluding steroid dienone is 1. The van der Waals surface area contributed by atoms with Gasteiger partial charge in [-0.05, 0) is 0 Å². The predicted octanol–water partition coefficient (Wildman–Crippen LogP) is 2.98. The monoisotopic (exact) mass is 352 g/mol. The number of anilines is 1. The second kappa shape index (κ2) is 6.36. The summed E-state index contributed by atoms with van der Waals surface area (Å²) in [4.78, 5) is 6.87. The van der Waals surface area contributed by atoms with Crippen molar-refractivity contribution < 1.29 is 4.74 Å². The number of hydrogen-bond donors (Lipinski definition) is 0. The van der Waals surface area contributed by atoms with E-state index in [1.54, 1.807) is 28.2 Å². The molecule has 20 heavy (non-hydrogen) atoms. The van der Waals surface area contributed by atoms with Crippen molar-refractivity contribution in [3.63, 3.8) is 0 Å². The Bertz CT molecular complexity index is 532. The summed E-state index contributed by atoms with van der Waals surface area (Å²) in [6.07, 6.45) is 11.1. The Morgan fingerprint density at radius 2 is 2.15 bits per heavy atom. The summed E-state index contributed by atoms with van der Waals surface area (Å²) in [7, 11) is 0. The molecule has 1 aliphatic carbocycles. The van der Waals surface area contributed by atoms with E-state index in [-0.39, 0.29) is 0 Å². The number of aromatic nitrogens is 1. The molecule has 0 N–H and O–H groups in total. The summed E-state index contributed by atoms with van der Waals surface area (Å²) >= 11 is 3.33. The zero-order valence-corrected chi connectivity index (χ0v) is 15.1. The third kappa shape index (κ3) is 3.12. The Kier molecular flexibility index (Phi) is 4.52. The Labute approximate surface area is 133 Å². The van der Waals surface area contributed by atoms with Crippen LogP contribution in [0.15, 0.2) is 27.8 Å². The number of ether oxygens (including phenoxy) is 1. The van der Waals surface area contributed by atoms with E-state index >= 15 is 0 Å². The van der Waals surface area contributed by atoms with Crippen LogP contribution in [0.3, 0.4) is 0 Å². The van der Waals surface area contributed by atoms with Gasteiger partial charge in [0.05, 0.1) is 0 Å². The van der Waals surface area contributed by atoms with Crippen molar-refractivity contribution >= 4 is 33.3 Å². The van der Waals surface area contributed by atoms with Crippen molar-refractivity contribution in [2.45, 2.75) is 45.1 Å². The molecule has 2 aliphatic rings. The Morgan fingerprint density at radius 1 is 1.35 bits per heavy atom. The number of thiazole rings is 1. The van der Waals surface area contributed by atoms with Gasteiger partial charge in [-0.1, -0.05) is 0 Å². The van der Waals surface area contributed by atoms with Crippen molar-refractivity contribution in [3.8, 4) is 0 Å². The molecule has 2 heterocycles. The molecule has 1 aromatic heterocycles. The van der Waals surface area contributed by atoms with E-state index in [1.807, 2.05) is 6.92 Å². The molecule has 0 saturated heterocycles. The number of rotatable bonds is 3. The van der Waals surface area contributed by atoms with Crippen LogP contribution in [0.4, 0.5) is 5.13 Å². The van der Waals surface area contributed by atoms with Gasteiger partial charge in [0.1, 0.15) is 0 Å². The summed E-state index contributed by atoms with van der Waals surface area (Å²) < 4.78 is 7.50. The van der Waals surface area contributed by atoms with Gasteiger partial charge in [-0.3, -0.25) is 0 Å². The Balaban J connectivity index is 1.76. The number of hydrogen-bond acceptors (Lipinski definition) is 4. The Morgan fingerprint density at radius 3 is 2.85 bits per heavy atom. The standard InChI is InChI=1S/C15H21AsN2OS/c1-11-10-20-15(17-11)18-9-5-8-13(14(18)16)19-12-6-3-2-4-7-12/h5,8,10,12H,2-4,6-7,9,16H2,1H3. The van der Waals surface area contributed by atoms with Crippen LogP contribution >= 0.6 is 11.3 Å². The molecular weight excluding hydrogens is 331 g/mol. The van der Waals surface area contributed by atoms with Crippen LogP contribution in [0.1, 0.15) is 37.8 Å². The molecule has 1 aliphatic heterocycles. The molecule has 1 aromatic rings. The van der Waals surface area contributed by atoms with Crippen LogP contribution in [-0.4, -0.2) is 34.5 Å². The molecule has 1 unspecified atom stereocenters. The van der Waals surface area contributed by atoms with Gasteiger partial charge in [0.2, 0.25) is 0 Å². The molecule has 1 fully saturated rings. The maximum absolute atomic E-state index is 6.25. The fraction of sp³-hybridized carbons (Fsp3) is 0.533. The van der Waals surface area contributed by atoms with Gasteiger partial charge in [0, 0.05) is 0 Å². The molecular formula is C15H21AsN2OS. The van der Waals surface area contributed by atoms with Gasteiger partial charge in [0.15, 0.2) is 0 Å². The van der Waals surface area contributed by atoms with Gasteiger partial charge in [-0.25, -0.2) is 0 Å². The third-order valence-corrected chi connectivity index (χ3v) is 6.02. The molecule has 3 nitrogen and oxygen atoms in total. The normalized spacial score (nSPS) is 20.6. The molecule has 0 radical (unpaired) electrons. The molecule has 1 saturated carbocycles. The molecule has 3 rings (SSSR count). The summed E-state index contributed by atoms with van der Waals surface area (Å²) in [5, 5.41) is 3.19. The van der Waals surface area contributed by atoms with Crippen LogP contribution in [0.25, 0.3) is 0 Å². The van der Waals surface area contributed by atoms with Crippen LogP contribution in [-0.2, 0) is 4.74 Å². The molecule has 5 heteroatoms. The zero-order chi connectivity index (χ0) is 13.9. The first-order chi connectivity index (χ1) is 9.74. The SMILES string of the molecule is Cc1csc(N2CC=CC(OC3CCCCC3)=C2[AsH2])n1. The first-order valence-corrected chi connectivity index (χ1v) is 9.36. The molecule has 108 valence electrons. The van der Waals surface area contributed by atoms with Gasteiger partial charge >= 0.3 is 133 Å². The van der Waals surface area contributed by atoms with Crippen molar-refractivity contribution in [1.29, 1.82) is 0 Å². The topological polar surface area (TPSA) is 25.4 Å². The molecule has 0 amide bonds. The predicted molar refractivity (Wildman–Crippen MR) is 86.9 cm³/mol. The van der Waals surface area contributed by atoms with Gasteiger partial charge in [-0.15, -0.1) is 0 Å². The van der Waals surface area contributed by atoms with Crippen LogP contribution in [0, 0.1) is 6.92 Å². The number of nitrogens with zero attached hydrogens (tertiary/aromatic N) is 2. The van der Waals surface area contributed by atoms with Crippen LogP contribution in [0.5, 0.6) is 0 Å². The molecule has 0 spiro atoms. The summed E-state index contributed by atoms with van der Waals surface area (Å²) in [6, 6.07) is 0. The van der Waals surface area contributed by atoms with E-state index in [9.17, 15) is 0 Å². The van der Waals surface area contributed by atoms with E-state index in [0.717, 1.165) is 23.1 Å². The van der Waals surface area contributed by atoms with E-state index < -0.39 is 0 Å². The first kappa shape index (κ1) is 14.2. The minimum atomic E-state index is 0.409. The first-order valence-electron chi connectivity index (χ1n) is 7.26. The average Bonchev–Trinajstić information content (AvgIpc) is 2.89. The van der Waals surface area contributed by atoms with Crippen molar-refractivity contribution in [3.05, 3.63) is 33.5 Å². The number of aryl methyl sites for hydroxylation is 1. The second-order valence-electron chi connectivity index (χ2n) is 5.41. The van der Waals surface area contributed by atoms with Gasteiger partial charge in [-0.2, -0.15) is 0 Å². The van der Waals surface area contributed by atoms with E-state index in [1.165, 1.54) is 36.6 Å². The van der Waals surface area contributed by atoms with Crippen molar-refractivity contribution in [2.75, 3.05) is 11.4 Å². The van der Waals surface area contributed by atoms with Gasteiger partial charge < -0.3 is 0 Å². The summed E-state index contributed by atoms with van der Waals surface area (Å²) in [5.74, 6) is 1.05. The fourth-order valence-corrected chi connectivity index (χ4v) is 4.53. The van der Waals surface area contributed by atoms with Crippen LogP contribution < -0.4 is 4.90 Å². The van der Waals surface area contributed by atoms with Crippen LogP contribution in [0.2, 0.25) is 0 Å². The second-order valence-corrected chi connectivity index (χ2v) is 7.40.